The van der Waals surface area contributed by atoms with Crippen LogP contribution in [-0.2, 0) is 30.5 Å². The molecule has 3 aromatic rings. The minimum Gasteiger partial charge on any atom is -0.326 e. The van der Waals surface area contributed by atoms with Gasteiger partial charge in [-0.05, 0) is 55.0 Å². The molecule has 0 saturated heterocycles. The van der Waals surface area contributed by atoms with Gasteiger partial charge in [-0.15, -0.1) is 11.3 Å². The quantitative estimate of drug-likeness (QED) is 0.561. The number of thiophene rings is 1. The van der Waals surface area contributed by atoms with Crippen LogP contribution in [0.25, 0.3) is 0 Å². The SMILES string of the molecule is CC.CCc1nc(C)cc(CCc2ccc(NC(=O)Cc3cccs3)cc2)n1.[HH]. The molecule has 0 unspecified atom stereocenters. The Bertz CT molecular complexity index is 864. The molecule has 1 aromatic carbocycles. The van der Waals surface area contributed by atoms with Crippen molar-refractivity contribution in [3.05, 3.63) is 75.5 Å². The first-order valence-corrected chi connectivity index (χ1v) is 10.7. The molecule has 28 heavy (non-hydrogen) atoms. The van der Waals surface area contributed by atoms with E-state index in [1.807, 2.05) is 50.4 Å². The maximum absolute atomic E-state index is 12.0. The Morgan fingerprint density at radius 1 is 1.11 bits per heavy atom. The number of carbonyl (C=O) groups excluding carboxylic acids is 1. The first kappa shape index (κ1) is 21.8. The maximum Gasteiger partial charge on any atom is 0.229 e. The van der Waals surface area contributed by atoms with Gasteiger partial charge in [0.1, 0.15) is 5.82 Å². The highest BCUT2D eigenvalue weighted by Gasteiger charge is 2.06. The van der Waals surface area contributed by atoms with E-state index in [-0.39, 0.29) is 7.33 Å². The minimum absolute atomic E-state index is 0. The van der Waals surface area contributed by atoms with E-state index in [9.17, 15) is 4.79 Å². The molecule has 4 nitrogen and oxygen atoms in total. The molecule has 0 aliphatic carbocycles. The molecule has 3 rings (SSSR count). The van der Waals surface area contributed by atoms with Gasteiger partial charge in [-0.25, -0.2) is 9.97 Å². The summed E-state index contributed by atoms with van der Waals surface area (Å²) in [6.07, 6.45) is 3.09. The van der Waals surface area contributed by atoms with Crippen LogP contribution in [0.15, 0.2) is 47.8 Å². The number of aromatic nitrogens is 2. The highest BCUT2D eigenvalue weighted by Crippen LogP contribution is 2.14. The molecule has 0 bridgehead atoms. The van der Waals surface area contributed by atoms with Gasteiger partial charge in [-0.3, -0.25) is 4.79 Å². The third-order valence-corrected chi connectivity index (χ3v) is 4.97. The first-order valence-electron chi connectivity index (χ1n) is 9.87. The molecule has 150 valence electrons. The van der Waals surface area contributed by atoms with Crippen LogP contribution in [0.2, 0.25) is 0 Å². The summed E-state index contributed by atoms with van der Waals surface area (Å²) in [6.45, 7) is 8.09. The van der Waals surface area contributed by atoms with Gasteiger partial charge in [0.15, 0.2) is 0 Å². The molecule has 1 N–H and O–H groups in total. The van der Waals surface area contributed by atoms with Crippen LogP contribution in [-0.4, -0.2) is 15.9 Å². The third-order valence-electron chi connectivity index (χ3n) is 4.09. The Hall–Kier alpha value is -2.53. The Kier molecular flexibility index (Phi) is 8.82. The van der Waals surface area contributed by atoms with E-state index in [4.69, 9.17) is 0 Å². The Labute approximate surface area is 173 Å². The normalized spacial score (nSPS) is 10.1. The topological polar surface area (TPSA) is 54.9 Å². The van der Waals surface area contributed by atoms with Crippen molar-refractivity contribution in [2.45, 2.75) is 53.4 Å². The summed E-state index contributed by atoms with van der Waals surface area (Å²) in [6, 6.07) is 14.1. The number of hydrogen-bond donors (Lipinski definition) is 1. The summed E-state index contributed by atoms with van der Waals surface area (Å²) >= 11 is 1.60. The monoisotopic (exact) mass is 397 g/mol. The fraction of sp³-hybridized carbons (Fsp3) is 0.348. The van der Waals surface area contributed by atoms with E-state index >= 15 is 0 Å². The van der Waals surface area contributed by atoms with Gasteiger partial charge in [-0.2, -0.15) is 0 Å². The van der Waals surface area contributed by atoms with E-state index in [1.165, 1.54) is 5.56 Å². The van der Waals surface area contributed by atoms with E-state index in [1.54, 1.807) is 11.3 Å². The fourth-order valence-corrected chi connectivity index (χ4v) is 3.49. The molecular weight excluding hydrogens is 366 g/mol. The molecule has 0 atom stereocenters. The second-order valence-corrected chi connectivity index (χ2v) is 7.30. The lowest BCUT2D eigenvalue weighted by atomic mass is 10.1. The summed E-state index contributed by atoms with van der Waals surface area (Å²) in [4.78, 5) is 22.1. The molecule has 1 amide bonds. The zero-order chi connectivity index (χ0) is 20.4. The lowest BCUT2D eigenvalue weighted by Crippen LogP contribution is -2.13. The maximum atomic E-state index is 12.0. The highest BCUT2D eigenvalue weighted by molar-refractivity contribution is 7.10. The number of carbonyl (C=O) groups is 1. The molecule has 2 heterocycles. The Balaban J connectivity index is 0.00000136. The van der Waals surface area contributed by atoms with E-state index < -0.39 is 0 Å². The van der Waals surface area contributed by atoms with Crippen LogP contribution >= 0.6 is 11.3 Å². The third kappa shape index (κ3) is 6.89. The van der Waals surface area contributed by atoms with Gasteiger partial charge in [0.25, 0.3) is 0 Å². The van der Waals surface area contributed by atoms with Crippen LogP contribution in [0.5, 0.6) is 0 Å². The summed E-state index contributed by atoms with van der Waals surface area (Å²) < 4.78 is 0. The van der Waals surface area contributed by atoms with Crippen molar-refractivity contribution in [3.8, 4) is 0 Å². The predicted molar refractivity (Wildman–Crippen MR) is 120 cm³/mol. The van der Waals surface area contributed by atoms with Gasteiger partial charge >= 0.3 is 0 Å². The summed E-state index contributed by atoms with van der Waals surface area (Å²) in [5.74, 6) is 0.924. The van der Waals surface area contributed by atoms with E-state index in [0.29, 0.717) is 6.42 Å². The van der Waals surface area contributed by atoms with Crippen LogP contribution < -0.4 is 5.32 Å². The van der Waals surface area contributed by atoms with Crippen molar-refractivity contribution in [2.24, 2.45) is 0 Å². The van der Waals surface area contributed by atoms with Crippen LogP contribution in [0.3, 0.4) is 0 Å². The molecule has 0 saturated carbocycles. The van der Waals surface area contributed by atoms with Crippen molar-refractivity contribution in [1.82, 2.24) is 9.97 Å². The van der Waals surface area contributed by atoms with Crippen molar-refractivity contribution < 1.29 is 6.22 Å². The molecule has 2 aromatic heterocycles. The molecule has 0 radical (unpaired) electrons. The zero-order valence-corrected chi connectivity index (χ0v) is 18.0. The van der Waals surface area contributed by atoms with Crippen LogP contribution in [0, 0.1) is 6.92 Å². The average molecular weight is 398 g/mol. The minimum atomic E-state index is 0. The van der Waals surface area contributed by atoms with Gasteiger partial charge in [0.2, 0.25) is 5.91 Å². The van der Waals surface area contributed by atoms with E-state index in [0.717, 1.165) is 47.0 Å². The smallest absolute Gasteiger partial charge is 0.229 e. The number of anilines is 1. The van der Waals surface area contributed by atoms with Crippen LogP contribution in [0.4, 0.5) is 5.69 Å². The number of nitrogens with one attached hydrogen (secondary N) is 1. The lowest BCUT2D eigenvalue weighted by Gasteiger charge is -2.07. The Morgan fingerprint density at radius 3 is 2.50 bits per heavy atom. The van der Waals surface area contributed by atoms with Crippen molar-refractivity contribution >= 4 is 22.9 Å². The van der Waals surface area contributed by atoms with Gasteiger partial charge in [0, 0.05) is 29.8 Å². The molecule has 0 aliphatic rings. The second-order valence-electron chi connectivity index (χ2n) is 6.27. The average Bonchev–Trinajstić information content (AvgIpc) is 3.21. The number of aryl methyl sites for hydroxylation is 4. The zero-order valence-electron chi connectivity index (χ0n) is 17.2. The van der Waals surface area contributed by atoms with Crippen molar-refractivity contribution in [2.75, 3.05) is 5.32 Å². The Morgan fingerprint density at radius 2 is 1.86 bits per heavy atom. The highest BCUT2D eigenvalue weighted by atomic mass is 32.1. The standard InChI is InChI=1S/C21H23N3OS.C2H6.H2/c1-3-20-22-15(2)13-18(23-20)11-8-16-6-9-17(10-7-16)24-21(25)14-19-5-4-12-26-19;1-2;/h4-7,9-10,12-13H,3,8,11,14H2,1-2H3,(H,24,25);1-2H3;1H. The fourth-order valence-electron chi connectivity index (χ4n) is 2.79. The van der Waals surface area contributed by atoms with Crippen LogP contribution in [0.1, 0.15) is 49.9 Å². The molecule has 0 spiro atoms. The predicted octanol–water partition coefficient (Wildman–Crippen LogP) is 5.65. The van der Waals surface area contributed by atoms with E-state index in [2.05, 4.69) is 40.4 Å². The van der Waals surface area contributed by atoms with Crippen molar-refractivity contribution in [3.63, 3.8) is 0 Å². The summed E-state index contributed by atoms with van der Waals surface area (Å²) in [5, 5.41) is 4.94. The number of amides is 1. The van der Waals surface area contributed by atoms with Gasteiger partial charge in [-0.1, -0.05) is 39.0 Å². The first-order chi connectivity index (χ1) is 13.6. The number of hydrogen-bond acceptors (Lipinski definition) is 4. The molecular formula is C23H31N3OS. The molecule has 5 heteroatoms. The van der Waals surface area contributed by atoms with Gasteiger partial charge in [0.05, 0.1) is 6.42 Å². The summed E-state index contributed by atoms with van der Waals surface area (Å²) in [5.41, 5.74) is 4.18. The number of rotatable bonds is 7. The number of benzene rings is 1. The number of nitrogens with zero attached hydrogens (tertiary/aromatic N) is 2. The largest absolute Gasteiger partial charge is 0.326 e. The van der Waals surface area contributed by atoms with Crippen molar-refractivity contribution in [1.29, 1.82) is 0 Å². The molecule has 0 aliphatic heterocycles. The molecule has 0 fully saturated rings. The summed E-state index contributed by atoms with van der Waals surface area (Å²) in [7, 11) is 0. The van der Waals surface area contributed by atoms with Gasteiger partial charge < -0.3 is 5.32 Å². The second kappa shape index (κ2) is 11.3. The lowest BCUT2D eigenvalue weighted by molar-refractivity contribution is -0.115.